The molecule has 1 spiro atoms. The summed E-state index contributed by atoms with van der Waals surface area (Å²) in [5.41, 5.74) is -0.0255. The van der Waals surface area contributed by atoms with Crippen molar-refractivity contribution in [1.29, 1.82) is 0 Å². The van der Waals surface area contributed by atoms with E-state index >= 15 is 0 Å². The van der Waals surface area contributed by atoms with Gasteiger partial charge < -0.3 is 19.9 Å². The Labute approximate surface area is 166 Å². The molecule has 3 aliphatic carbocycles. The summed E-state index contributed by atoms with van der Waals surface area (Å²) in [5.74, 6) is 1.51. The third-order valence-electron chi connectivity index (χ3n) is 7.42. The minimum Gasteiger partial charge on any atom is -0.467 e. The number of nitrogens with zero attached hydrogens (tertiary/aromatic N) is 2. The first kappa shape index (κ1) is 18.0. The van der Waals surface area contributed by atoms with E-state index in [0.29, 0.717) is 17.2 Å². The van der Waals surface area contributed by atoms with Crippen molar-refractivity contribution in [2.45, 2.75) is 38.3 Å². The molecule has 5 aliphatic rings. The van der Waals surface area contributed by atoms with Crippen LogP contribution >= 0.6 is 0 Å². The molecule has 6 heteroatoms. The molecular formula is C22H29N3O3. The summed E-state index contributed by atoms with van der Waals surface area (Å²) in [6.45, 7) is 6.86. The zero-order valence-electron chi connectivity index (χ0n) is 16.5. The van der Waals surface area contributed by atoms with Gasteiger partial charge in [-0.3, -0.25) is 9.59 Å². The third kappa shape index (κ3) is 2.81. The lowest BCUT2D eigenvalue weighted by Gasteiger charge is -2.55. The lowest BCUT2D eigenvalue weighted by molar-refractivity contribution is -0.156. The molecule has 2 heterocycles. The van der Waals surface area contributed by atoms with Crippen molar-refractivity contribution in [2.24, 2.45) is 17.8 Å². The highest BCUT2D eigenvalue weighted by Crippen LogP contribution is 2.52. The Hall–Kier alpha value is -2.08. The number of para-hydroxylation sites is 1. The van der Waals surface area contributed by atoms with E-state index in [1.807, 2.05) is 18.2 Å². The number of benzene rings is 1. The van der Waals surface area contributed by atoms with Gasteiger partial charge >= 0.3 is 0 Å². The Kier molecular flexibility index (Phi) is 4.34. The zero-order valence-corrected chi connectivity index (χ0v) is 16.5. The lowest BCUT2D eigenvalue weighted by Crippen LogP contribution is -2.67. The molecule has 0 unspecified atom stereocenters. The van der Waals surface area contributed by atoms with Crippen LogP contribution in [0.3, 0.4) is 0 Å². The molecule has 1 N–H and O–H groups in total. The number of carbonyl (C=O) groups excluding carboxylic acids is 2. The van der Waals surface area contributed by atoms with E-state index < -0.39 is 5.72 Å². The fourth-order valence-electron chi connectivity index (χ4n) is 5.78. The predicted octanol–water partition coefficient (Wildman–Crippen LogP) is 2.11. The number of hydrogen-bond acceptors (Lipinski definition) is 4. The summed E-state index contributed by atoms with van der Waals surface area (Å²) in [5, 5.41) is 3.18. The quantitative estimate of drug-likeness (QED) is 0.850. The molecule has 6 rings (SSSR count). The summed E-state index contributed by atoms with van der Waals surface area (Å²) < 4.78 is 6.40. The standard InChI is InChI=1S/C22H29N3O3/c1-2-24-9-11-25(12-10-24)21(27)18-13-16-8-7-15(18)14-22(16)23-20(26)17-5-3-4-6-19(17)28-22/h3-6,15-16,18H,2,7-14H2,1H3,(H,23,26)/t15-,16+,18-,22+/m1/s1. The van der Waals surface area contributed by atoms with E-state index in [1.165, 1.54) is 0 Å². The van der Waals surface area contributed by atoms with Crippen LogP contribution in [-0.4, -0.2) is 60.1 Å². The number of nitrogens with one attached hydrogen (secondary N) is 1. The van der Waals surface area contributed by atoms with Crippen LogP contribution in [0.15, 0.2) is 24.3 Å². The topological polar surface area (TPSA) is 61.9 Å². The van der Waals surface area contributed by atoms with Gasteiger partial charge in [0.05, 0.1) is 5.56 Å². The highest BCUT2D eigenvalue weighted by Gasteiger charge is 2.57. The zero-order chi connectivity index (χ0) is 19.3. The highest BCUT2D eigenvalue weighted by molar-refractivity contribution is 5.98. The number of likely N-dealkylation sites (N-methyl/N-ethyl adjacent to an activating group) is 1. The van der Waals surface area contributed by atoms with Crippen LogP contribution in [0.5, 0.6) is 5.75 Å². The second-order valence-corrected chi connectivity index (χ2v) is 8.78. The van der Waals surface area contributed by atoms with Gasteiger partial charge in [-0.05, 0) is 43.9 Å². The Morgan fingerprint density at radius 1 is 1.21 bits per heavy atom. The Bertz CT molecular complexity index is 789. The number of amides is 2. The van der Waals surface area contributed by atoms with Crippen molar-refractivity contribution < 1.29 is 14.3 Å². The average molecular weight is 383 g/mol. The van der Waals surface area contributed by atoms with Gasteiger partial charge in [0.1, 0.15) is 5.75 Å². The average Bonchev–Trinajstić information content (AvgIpc) is 2.73. The van der Waals surface area contributed by atoms with Crippen molar-refractivity contribution in [3.05, 3.63) is 29.8 Å². The maximum Gasteiger partial charge on any atom is 0.258 e. The van der Waals surface area contributed by atoms with E-state index in [2.05, 4.69) is 22.0 Å². The molecule has 2 amide bonds. The Balaban J connectivity index is 1.32. The Morgan fingerprint density at radius 2 is 2.00 bits per heavy atom. The molecule has 4 fully saturated rings. The third-order valence-corrected chi connectivity index (χ3v) is 7.42. The molecule has 0 radical (unpaired) electrons. The van der Waals surface area contributed by atoms with Gasteiger partial charge in [-0.1, -0.05) is 19.1 Å². The summed E-state index contributed by atoms with van der Waals surface area (Å²) >= 11 is 0. The number of ether oxygens (including phenoxy) is 1. The largest absolute Gasteiger partial charge is 0.467 e. The molecule has 1 aromatic carbocycles. The molecule has 2 aliphatic heterocycles. The maximum absolute atomic E-state index is 13.3. The number of fused-ring (bicyclic) bond motifs is 3. The van der Waals surface area contributed by atoms with E-state index in [9.17, 15) is 9.59 Å². The van der Waals surface area contributed by atoms with Crippen LogP contribution in [0.4, 0.5) is 0 Å². The van der Waals surface area contributed by atoms with Gasteiger partial charge in [0, 0.05) is 44.4 Å². The molecule has 28 heavy (non-hydrogen) atoms. The van der Waals surface area contributed by atoms with Crippen LogP contribution in [-0.2, 0) is 4.79 Å². The molecule has 1 aromatic rings. The summed E-state index contributed by atoms with van der Waals surface area (Å²) in [6.07, 6.45) is 3.63. The first-order chi connectivity index (χ1) is 13.6. The molecule has 1 saturated heterocycles. The van der Waals surface area contributed by atoms with Gasteiger partial charge in [-0.15, -0.1) is 0 Å². The molecule has 6 nitrogen and oxygen atoms in total. The van der Waals surface area contributed by atoms with Crippen LogP contribution in [0.2, 0.25) is 0 Å². The van der Waals surface area contributed by atoms with Gasteiger partial charge in [0.15, 0.2) is 5.72 Å². The highest BCUT2D eigenvalue weighted by atomic mass is 16.5. The van der Waals surface area contributed by atoms with Crippen LogP contribution in [0, 0.1) is 17.8 Å². The lowest BCUT2D eigenvalue weighted by atomic mass is 9.59. The number of rotatable bonds is 2. The van der Waals surface area contributed by atoms with Crippen molar-refractivity contribution in [3.63, 3.8) is 0 Å². The molecule has 150 valence electrons. The Morgan fingerprint density at radius 3 is 2.71 bits per heavy atom. The molecule has 4 atom stereocenters. The monoisotopic (exact) mass is 383 g/mol. The smallest absolute Gasteiger partial charge is 0.258 e. The second kappa shape index (κ2) is 6.76. The van der Waals surface area contributed by atoms with E-state index in [-0.39, 0.29) is 23.7 Å². The first-order valence-corrected chi connectivity index (χ1v) is 10.7. The fraction of sp³-hybridized carbons (Fsp3) is 0.636. The van der Waals surface area contributed by atoms with Crippen molar-refractivity contribution in [2.75, 3.05) is 32.7 Å². The number of hydrogen-bond donors (Lipinski definition) is 1. The van der Waals surface area contributed by atoms with Gasteiger partial charge in [-0.2, -0.15) is 0 Å². The molecule has 3 saturated carbocycles. The van der Waals surface area contributed by atoms with E-state index in [4.69, 9.17) is 4.74 Å². The maximum atomic E-state index is 13.3. The molecule has 0 aromatic heterocycles. The van der Waals surface area contributed by atoms with E-state index in [1.54, 1.807) is 6.07 Å². The van der Waals surface area contributed by atoms with Crippen molar-refractivity contribution >= 4 is 11.8 Å². The normalized spacial score (nSPS) is 34.7. The fourth-order valence-corrected chi connectivity index (χ4v) is 5.78. The van der Waals surface area contributed by atoms with E-state index in [0.717, 1.165) is 58.4 Å². The summed E-state index contributed by atoms with van der Waals surface area (Å²) in [6, 6.07) is 7.46. The van der Waals surface area contributed by atoms with Crippen LogP contribution in [0.1, 0.15) is 43.0 Å². The van der Waals surface area contributed by atoms with Gasteiger partial charge in [0.25, 0.3) is 5.91 Å². The second-order valence-electron chi connectivity index (χ2n) is 8.78. The minimum absolute atomic E-state index is 0.0482. The predicted molar refractivity (Wildman–Crippen MR) is 105 cm³/mol. The molecule has 2 bridgehead atoms. The SMILES string of the molecule is CCN1CCN(C(=O)[C@@H]2C[C@@H]3CC[C@@H]2C[C@@]32NC(=O)c3ccccc3O2)CC1. The number of carbonyl (C=O) groups is 2. The summed E-state index contributed by atoms with van der Waals surface area (Å²) in [4.78, 5) is 30.4. The van der Waals surface area contributed by atoms with Crippen LogP contribution < -0.4 is 10.1 Å². The van der Waals surface area contributed by atoms with Crippen molar-refractivity contribution in [3.8, 4) is 5.75 Å². The van der Waals surface area contributed by atoms with Crippen molar-refractivity contribution in [1.82, 2.24) is 15.1 Å². The first-order valence-electron chi connectivity index (χ1n) is 10.7. The molecular weight excluding hydrogens is 354 g/mol. The van der Waals surface area contributed by atoms with Crippen LogP contribution in [0.25, 0.3) is 0 Å². The van der Waals surface area contributed by atoms with Gasteiger partial charge in [0.2, 0.25) is 5.91 Å². The number of piperazine rings is 1. The minimum atomic E-state index is -0.633. The summed E-state index contributed by atoms with van der Waals surface area (Å²) in [7, 11) is 0. The van der Waals surface area contributed by atoms with Gasteiger partial charge in [-0.25, -0.2) is 0 Å².